The minimum absolute atomic E-state index is 0.143. The highest BCUT2D eigenvalue weighted by atomic mass is 16.4. The van der Waals surface area contributed by atoms with Gasteiger partial charge in [-0.05, 0) is 24.7 Å². The molecule has 0 bridgehead atoms. The van der Waals surface area contributed by atoms with Crippen LogP contribution in [0.15, 0.2) is 0 Å². The third-order valence-corrected chi connectivity index (χ3v) is 5.71. The number of rotatable bonds is 12. The Morgan fingerprint density at radius 2 is 1.66 bits per heavy atom. The van der Waals surface area contributed by atoms with Crippen molar-refractivity contribution in [2.75, 3.05) is 0 Å². The maximum atomic E-state index is 12.6. The molecule has 6 N–H and O–H groups in total. The van der Waals surface area contributed by atoms with Gasteiger partial charge in [0, 0.05) is 6.42 Å². The van der Waals surface area contributed by atoms with Crippen LogP contribution in [0.2, 0.25) is 0 Å². The summed E-state index contributed by atoms with van der Waals surface area (Å²) >= 11 is 0. The number of aliphatic carboxylic acids is 2. The van der Waals surface area contributed by atoms with E-state index < -0.39 is 41.9 Å². The Bertz CT molecular complexity index is 577. The van der Waals surface area contributed by atoms with Crippen molar-refractivity contribution in [2.45, 2.75) is 89.8 Å². The summed E-state index contributed by atoms with van der Waals surface area (Å²) in [6.45, 7) is 3.50. The largest absolute Gasteiger partial charge is 0.481 e. The van der Waals surface area contributed by atoms with Gasteiger partial charge in [0.05, 0.1) is 6.04 Å². The summed E-state index contributed by atoms with van der Waals surface area (Å²) in [7, 11) is 0. The fourth-order valence-corrected chi connectivity index (χ4v) is 3.64. The van der Waals surface area contributed by atoms with Crippen LogP contribution in [0.5, 0.6) is 0 Å². The monoisotopic (exact) mass is 413 g/mol. The van der Waals surface area contributed by atoms with Gasteiger partial charge in [0.2, 0.25) is 11.8 Å². The van der Waals surface area contributed by atoms with Crippen LogP contribution >= 0.6 is 0 Å². The van der Waals surface area contributed by atoms with Gasteiger partial charge in [0.1, 0.15) is 12.1 Å². The molecule has 1 aliphatic carbocycles. The number of nitrogens with one attached hydrogen (secondary N) is 2. The zero-order chi connectivity index (χ0) is 22.0. The number of hydrogen-bond donors (Lipinski definition) is 5. The maximum absolute atomic E-state index is 12.6. The first-order valence-electron chi connectivity index (χ1n) is 10.5. The lowest BCUT2D eigenvalue weighted by atomic mass is 9.85. The summed E-state index contributed by atoms with van der Waals surface area (Å²) in [5, 5.41) is 23.3. The molecule has 0 radical (unpaired) electrons. The van der Waals surface area contributed by atoms with Crippen LogP contribution in [0.3, 0.4) is 0 Å². The van der Waals surface area contributed by atoms with Crippen LogP contribution < -0.4 is 16.4 Å². The van der Waals surface area contributed by atoms with E-state index in [9.17, 15) is 24.3 Å². The Hall–Kier alpha value is -2.16. The summed E-state index contributed by atoms with van der Waals surface area (Å²) < 4.78 is 0. The predicted octanol–water partition coefficient (Wildman–Crippen LogP) is 1.25. The SMILES string of the molecule is CC[C@H](C)[C@H](NC(=O)[C@H](CCC(=O)O)NC(=O)[C@@H](N)CC1CCCCC1)C(=O)O. The van der Waals surface area contributed by atoms with Gasteiger partial charge in [-0.2, -0.15) is 0 Å². The number of carboxylic acid groups (broad SMARTS) is 2. The molecule has 2 amide bonds. The van der Waals surface area contributed by atoms with Crippen LogP contribution in [0.4, 0.5) is 0 Å². The molecule has 0 aromatic carbocycles. The highest BCUT2D eigenvalue weighted by molar-refractivity contribution is 5.92. The lowest BCUT2D eigenvalue weighted by Crippen LogP contribution is -2.55. The van der Waals surface area contributed by atoms with E-state index in [1.54, 1.807) is 13.8 Å². The van der Waals surface area contributed by atoms with Crippen molar-refractivity contribution in [1.82, 2.24) is 10.6 Å². The van der Waals surface area contributed by atoms with Gasteiger partial charge in [0.15, 0.2) is 0 Å². The first-order valence-corrected chi connectivity index (χ1v) is 10.5. The van der Waals surface area contributed by atoms with Crippen molar-refractivity contribution in [2.24, 2.45) is 17.6 Å². The van der Waals surface area contributed by atoms with Crippen LogP contribution in [0.1, 0.15) is 71.6 Å². The van der Waals surface area contributed by atoms with Gasteiger partial charge < -0.3 is 26.6 Å². The number of nitrogens with two attached hydrogens (primary N) is 1. The lowest BCUT2D eigenvalue weighted by molar-refractivity contribution is -0.144. The van der Waals surface area contributed by atoms with E-state index in [2.05, 4.69) is 10.6 Å². The second-order valence-electron chi connectivity index (χ2n) is 8.05. The second kappa shape index (κ2) is 12.4. The van der Waals surface area contributed by atoms with Crippen molar-refractivity contribution in [3.05, 3.63) is 0 Å². The Kier molecular flexibility index (Phi) is 10.6. The van der Waals surface area contributed by atoms with E-state index in [1.807, 2.05) is 0 Å². The minimum atomic E-state index is -1.18. The molecule has 0 aromatic rings. The normalized spacial score (nSPS) is 18.9. The molecule has 0 aliphatic heterocycles. The van der Waals surface area contributed by atoms with Gasteiger partial charge >= 0.3 is 11.9 Å². The molecule has 0 spiro atoms. The van der Waals surface area contributed by atoms with Crippen LogP contribution in [-0.4, -0.2) is 52.1 Å². The average Bonchev–Trinajstić information content (AvgIpc) is 2.68. The molecular formula is C20H35N3O6. The molecule has 1 rings (SSSR count). The van der Waals surface area contributed by atoms with Gasteiger partial charge in [-0.15, -0.1) is 0 Å². The van der Waals surface area contributed by atoms with Gasteiger partial charge in [-0.25, -0.2) is 4.79 Å². The zero-order valence-electron chi connectivity index (χ0n) is 17.4. The highest BCUT2D eigenvalue weighted by Gasteiger charge is 2.31. The minimum Gasteiger partial charge on any atom is -0.481 e. The fourth-order valence-electron chi connectivity index (χ4n) is 3.64. The number of hydrogen-bond acceptors (Lipinski definition) is 5. The van der Waals surface area contributed by atoms with Crippen molar-refractivity contribution in [3.63, 3.8) is 0 Å². The third kappa shape index (κ3) is 8.81. The molecule has 166 valence electrons. The molecule has 0 aromatic heterocycles. The van der Waals surface area contributed by atoms with Gasteiger partial charge in [-0.3, -0.25) is 14.4 Å². The van der Waals surface area contributed by atoms with Gasteiger partial charge in [0.25, 0.3) is 0 Å². The Labute approximate surface area is 171 Å². The Morgan fingerprint density at radius 1 is 1.03 bits per heavy atom. The molecule has 0 heterocycles. The molecular weight excluding hydrogens is 378 g/mol. The standard InChI is InChI=1S/C20H35N3O6/c1-3-12(2)17(20(28)29)23-19(27)15(9-10-16(24)25)22-18(26)14(21)11-13-7-5-4-6-8-13/h12-15,17H,3-11,21H2,1-2H3,(H,22,26)(H,23,27)(H,24,25)(H,28,29)/t12-,14-,15-,17-/m0/s1. The van der Waals surface area contributed by atoms with Crippen molar-refractivity contribution in [3.8, 4) is 0 Å². The summed E-state index contributed by atoms with van der Waals surface area (Å²) in [6, 6.07) is -3.06. The predicted molar refractivity (Wildman–Crippen MR) is 107 cm³/mol. The fraction of sp³-hybridized carbons (Fsp3) is 0.800. The first kappa shape index (κ1) is 24.9. The van der Waals surface area contributed by atoms with Crippen molar-refractivity contribution < 1.29 is 29.4 Å². The van der Waals surface area contributed by atoms with Crippen LogP contribution in [0, 0.1) is 11.8 Å². The van der Waals surface area contributed by atoms with E-state index in [4.69, 9.17) is 10.8 Å². The zero-order valence-corrected chi connectivity index (χ0v) is 17.4. The molecule has 0 saturated heterocycles. The van der Waals surface area contributed by atoms with Crippen LogP contribution in [-0.2, 0) is 19.2 Å². The summed E-state index contributed by atoms with van der Waals surface area (Å²) in [5.74, 6) is -3.46. The van der Waals surface area contributed by atoms with Gasteiger partial charge in [-0.1, -0.05) is 52.4 Å². The van der Waals surface area contributed by atoms with Crippen molar-refractivity contribution in [1.29, 1.82) is 0 Å². The number of carbonyl (C=O) groups is 4. The number of carboxylic acids is 2. The average molecular weight is 414 g/mol. The number of carbonyl (C=O) groups excluding carboxylic acids is 2. The molecule has 1 aliphatic rings. The summed E-state index contributed by atoms with van der Waals surface area (Å²) in [5.41, 5.74) is 6.02. The molecule has 9 nitrogen and oxygen atoms in total. The smallest absolute Gasteiger partial charge is 0.326 e. The quantitative estimate of drug-likeness (QED) is 0.322. The molecule has 4 atom stereocenters. The topological polar surface area (TPSA) is 159 Å². The van der Waals surface area contributed by atoms with E-state index in [0.29, 0.717) is 18.8 Å². The third-order valence-electron chi connectivity index (χ3n) is 5.71. The van der Waals surface area contributed by atoms with E-state index in [-0.39, 0.29) is 18.8 Å². The van der Waals surface area contributed by atoms with E-state index in [1.165, 1.54) is 6.42 Å². The maximum Gasteiger partial charge on any atom is 0.326 e. The van der Waals surface area contributed by atoms with E-state index >= 15 is 0 Å². The first-order chi connectivity index (χ1) is 13.6. The molecule has 1 fully saturated rings. The summed E-state index contributed by atoms with van der Waals surface area (Å²) in [6.07, 6.45) is 6.06. The van der Waals surface area contributed by atoms with E-state index in [0.717, 1.165) is 25.7 Å². The Balaban J connectivity index is 2.76. The van der Waals surface area contributed by atoms with Crippen molar-refractivity contribution >= 4 is 23.8 Å². The molecule has 0 unspecified atom stereocenters. The second-order valence-corrected chi connectivity index (χ2v) is 8.05. The summed E-state index contributed by atoms with van der Waals surface area (Å²) in [4.78, 5) is 47.5. The van der Waals surface area contributed by atoms with Crippen LogP contribution in [0.25, 0.3) is 0 Å². The number of amides is 2. The molecule has 9 heteroatoms. The Morgan fingerprint density at radius 3 is 2.17 bits per heavy atom. The highest BCUT2D eigenvalue weighted by Crippen LogP contribution is 2.27. The molecule has 1 saturated carbocycles. The molecule has 29 heavy (non-hydrogen) atoms. The lowest BCUT2D eigenvalue weighted by Gasteiger charge is -2.27.